The molecular formula is C19H23ClN4O3S. The highest BCUT2D eigenvalue weighted by atomic mass is 35.5. The zero-order valence-corrected chi connectivity index (χ0v) is 17.3. The fourth-order valence-electron chi connectivity index (χ4n) is 4.16. The van der Waals surface area contributed by atoms with Crippen molar-refractivity contribution in [1.29, 1.82) is 0 Å². The molecule has 28 heavy (non-hydrogen) atoms. The molecule has 2 aromatic rings. The summed E-state index contributed by atoms with van der Waals surface area (Å²) in [6.45, 7) is 2.69. The summed E-state index contributed by atoms with van der Waals surface area (Å²) in [6, 6.07) is 3.37. The smallest absolute Gasteiger partial charge is 0.227 e. The third kappa shape index (κ3) is 3.55. The van der Waals surface area contributed by atoms with Gasteiger partial charge in [-0.1, -0.05) is 24.4 Å². The van der Waals surface area contributed by atoms with Crippen LogP contribution in [0.2, 0.25) is 5.15 Å². The van der Waals surface area contributed by atoms with Gasteiger partial charge in [0.25, 0.3) is 0 Å². The number of carbonyl (C=O) groups excluding carboxylic acids is 1. The predicted octanol–water partition coefficient (Wildman–Crippen LogP) is 2.62. The average Bonchev–Trinajstić information content (AvgIpc) is 3.31. The number of amides is 1. The molecule has 4 rings (SSSR count). The summed E-state index contributed by atoms with van der Waals surface area (Å²) in [5.41, 5.74) is 1.40. The maximum atomic E-state index is 13.1. The van der Waals surface area contributed by atoms with Gasteiger partial charge in [0.1, 0.15) is 10.0 Å². The molecule has 3 heterocycles. The first-order valence-corrected chi connectivity index (χ1v) is 11.5. The van der Waals surface area contributed by atoms with Crippen LogP contribution in [0.1, 0.15) is 43.9 Å². The molecule has 1 aliphatic carbocycles. The molecule has 2 aliphatic rings. The normalized spacial score (nSPS) is 20.4. The second-order valence-corrected chi connectivity index (χ2v) is 10.2. The van der Waals surface area contributed by atoms with E-state index in [1.54, 1.807) is 27.9 Å². The monoisotopic (exact) mass is 422 g/mol. The minimum Gasteiger partial charge on any atom is -0.332 e. The van der Waals surface area contributed by atoms with E-state index in [9.17, 15) is 13.2 Å². The van der Waals surface area contributed by atoms with E-state index < -0.39 is 9.84 Å². The van der Waals surface area contributed by atoms with Crippen molar-refractivity contribution >= 4 is 27.3 Å². The molecule has 1 atom stereocenters. The van der Waals surface area contributed by atoms with E-state index in [1.807, 2.05) is 6.92 Å². The average molecular weight is 423 g/mol. The Hall–Kier alpha value is -1.93. The van der Waals surface area contributed by atoms with Crippen LogP contribution in [0.25, 0.3) is 0 Å². The highest BCUT2D eigenvalue weighted by Crippen LogP contribution is 2.33. The quantitative estimate of drug-likeness (QED) is 0.707. The molecule has 150 valence electrons. The van der Waals surface area contributed by atoms with Crippen molar-refractivity contribution in [3.63, 3.8) is 0 Å². The topological polar surface area (TPSA) is 85.2 Å². The van der Waals surface area contributed by atoms with Crippen LogP contribution in [0.4, 0.5) is 0 Å². The lowest BCUT2D eigenvalue weighted by Crippen LogP contribution is -2.46. The third-order valence-corrected chi connectivity index (χ3v) is 8.22. The van der Waals surface area contributed by atoms with Crippen LogP contribution in [0.5, 0.6) is 0 Å². The molecule has 0 saturated heterocycles. The Labute approximate surface area is 169 Å². The van der Waals surface area contributed by atoms with E-state index in [4.69, 9.17) is 11.6 Å². The van der Waals surface area contributed by atoms with E-state index in [1.165, 1.54) is 6.20 Å². The minimum absolute atomic E-state index is 0.0635. The molecule has 0 aromatic carbocycles. The first-order chi connectivity index (χ1) is 13.4. The van der Waals surface area contributed by atoms with Gasteiger partial charge in [-0.3, -0.25) is 9.48 Å². The summed E-state index contributed by atoms with van der Waals surface area (Å²) in [6.07, 6.45) is 6.54. The molecular weight excluding hydrogens is 400 g/mol. The summed E-state index contributed by atoms with van der Waals surface area (Å²) in [5, 5.41) is 4.33. The molecule has 2 aromatic heterocycles. The molecule has 1 saturated carbocycles. The predicted molar refractivity (Wildman–Crippen MR) is 105 cm³/mol. The lowest BCUT2D eigenvalue weighted by molar-refractivity contribution is -0.134. The first-order valence-electron chi connectivity index (χ1n) is 9.54. The van der Waals surface area contributed by atoms with Crippen LogP contribution in [0.3, 0.4) is 0 Å². The van der Waals surface area contributed by atoms with Crippen molar-refractivity contribution in [1.82, 2.24) is 19.7 Å². The van der Waals surface area contributed by atoms with Crippen molar-refractivity contribution in [2.75, 3.05) is 0 Å². The van der Waals surface area contributed by atoms with Gasteiger partial charge in [-0.25, -0.2) is 13.4 Å². The summed E-state index contributed by atoms with van der Waals surface area (Å²) in [4.78, 5) is 18.9. The van der Waals surface area contributed by atoms with Gasteiger partial charge in [0.15, 0.2) is 9.84 Å². The van der Waals surface area contributed by atoms with Crippen LogP contribution < -0.4 is 0 Å². The Morgan fingerprint density at radius 1 is 1.32 bits per heavy atom. The number of carbonyl (C=O) groups is 1. The Bertz CT molecular complexity index is 998. The number of aromatic nitrogens is 3. The summed E-state index contributed by atoms with van der Waals surface area (Å²) < 4.78 is 27.9. The van der Waals surface area contributed by atoms with E-state index in [0.29, 0.717) is 30.2 Å². The minimum atomic E-state index is -3.41. The molecule has 7 nitrogen and oxygen atoms in total. The standard InChI is InChI=1S/C19H23ClN4O3S/c1-13-11-24-16(17(10-22-24)28(26,27)15-4-2-3-5-15)12-23(13)19(25)9-14-6-7-21-18(20)8-14/h6-8,10,13,15H,2-5,9,11-12H2,1H3/t13-/m0/s1. The lowest BCUT2D eigenvalue weighted by Gasteiger charge is -2.34. The van der Waals surface area contributed by atoms with Gasteiger partial charge in [0.05, 0.1) is 36.7 Å². The second kappa shape index (κ2) is 7.48. The summed E-state index contributed by atoms with van der Waals surface area (Å²) >= 11 is 5.91. The molecule has 0 N–H and O–H groups in total. The zero-order chi connectivity index (χ0) is 19.9. The molecule has 1 amide bonds. The number of hydrogen-bond donors (Lipinski definition) is 0. The number of rotatable bonds is 4. The van der Waals surface area contributed by atoms with Gasteiger partial charge in [-0.05, 0) is 37.5 Å². The van der Waals surface area contributed by atoms with Crippen molar-refractivity contribution in [3.8, 4) is 0 Å². The van der Waals surface area contributed by atoms with Gasteiger partial charge in [0.2, 0.25) is 5.91 Å². The van der Waals surface area contributed by atoms with Crippen LogP contribution in [0.15, 0.2) is 29.4 Å². The molecule has 1 aliphatic heterocycles. The molecule has 0 unspecified atom stereocenters. The Morgan fingerprint density at radius 2 is 2.07 bits per heavy atom. The van der Waals surface area contributed by atoms with Gasteiger partial charge in [-0.15, -0.1) is 0 Å². The molecule has 0 bridgehead atoms. The zero-order valence-electron chi connectivity index (χ0n) is 15.7. The summed E-state index contributed by atoms with van der Waals surface area (Å²) in [7, 11) is -3.41. The van der Waals surface area contributed by atoms with E-state index in [-0.39, 0.29) is 35.1 Å². The lowest BCUT2D eigenvalue weighted by atomic mass is 10.1. The molecule has 1 fully saturated rings. The second-order valence-electron chi connectivity index (χ2n) is 7.62. The molecule has 9 heteroatoms. The first kappa shape index (κ1) is 19.4. The maximum absolute atomic E-state index is 13.1. The SMILES string of the molecule is C[C@H]1Cn2ncc(S(=O)(=O)C3CCCC3)c2CN1C(=O)Cc1ccnc(Cl)c1. The van der Waals surface area contributed by atoms with Gasteiger partial charge in [0, 0.05) is 12.2 Å². The number of hydrogen-bond acceptors (Lipinski definition) is 5. The van der Waals surface area contributed by atoms with Crippen LogP contribution in [-0.4, -0.2) is 45.3 Å². The fourth-order valence-corrected chi connectivity index (χ4v) is 6.36. The third-order valence-electron chi connectivity index (χ3n) is 5.71. The molecule has 0 radical (unpaired) electrons. The van der Waals surface area contributed by atoms with E-state index in [0.717, 1.165) is 18.4 Å². The Morgan fingerprint density at radius 3 is 2.79 bits per heavy atom. The van der Waals surface area contributed by atoms with Crippen molar-refractivity contribution in [2.45, 2.75) is 68.3 Å². The molecule has 0 spiro atoms. The number of sulfone groups is 1. The van der Waals surface area contributed by atoms with Crippen molar-refractivity contribution < 1.29 is 13.2 Å². The Balaban J connectivity index is 1.58. The fraction of sp³-hybridized carbons (Fsp3) is 0.526. The van der Waals surface area contributed by atoms with E-state index >= 15 is 0 Å². The highest BCUT2D eigenvalue weighted by molar-refractivity contribution is 7.92. The summed E-state index contributed by atoms with van der Waals surface area (Å²) in [5.74, 6) is -0.0635. The van der Waals surface area contributed by atoms with Crippen molar-refractivity contribution in [2.24, 2.45) is 0 Å². The number of halogens is 1. The van der Waals surface area contributed by atoms with Crippen LogP contribution >= 0.6 is 11.6 Å². The number of fused-ring (bicyclic) bond motifs is 1. The largest absolute Gasteiger partial charge is 0.332 e. The van der Waals surface area contributed by atoms with Crippen LogP contribution in [0, 0.1) is 0 Å². The number of pyridine rings is 1. The van der Waals surface area contributed by atoms with Crippen LogP contribution in [-0.2, 0) is 34.1 Å². The number of nitrogens with zero attached hydrogens (tertiary/aromatic N) is 4. The highest BCUT2D eigenvalue weighted by Gasteiger charge is 2.37. The van der Waals surface area contributed by atoms with Crippen molar-refractivity contribution in [3.05, 3.63) is 40.9 Å². The van der Waals surface area contributed by atoms with Gasteiger partial charge >= 0.3 is 0 Å². The van der Waals surface area contributed by atoms with Gasteiger partial charge in [-0.2, -0.15) is 5.10 Å². The van der Waals surface area contributed by atoms with E-state index in [2.05, 4.69) is 10.1 Å². The maximum Gasteiger partial charge on any atom is 0.227 e. The Kier molecular flexibility index (Phi) is 5.18. The van der Waals surface area contributed by atoms with Gasteiger partial charge < -0.3 is 4.90 Å².